The van der Waals surface area contributed by atoms with Gasteiger partial charge in [-0.25, -0.2) is 9.18 Å². The van der Waals surface area contributed by atoms with Crippen LogP contribution in [0.3, 0.4) is 0 Å². The molecule has 0 heterocycles. The molecule has 0 saturated carbocycles. The average Bonchev–Trinajstić information content (AvgIpc) is 2.52. The van der Waals surface area contributed by atoms with E-state index >= 15 is 0 Å². The van der Waals surface area contributed by atoms with Gasteiger partial charge in [-0.15, -0.1) is 0 Å². The van der Waals surface area contributed by atoms with Gasteiger partial charge in [0.05, 0.1) is 7.11 Å². The van der Waals surface area contributed by atoms with Gasteiger partial charge < -0.3 is 9.47 Å². The van der Waals surface area contributed by atoms with Crippen LogP contribution in [-0.4, -0.2) is 13.1 Å². The summed E-state index contributed by atoms with van der Waals surface area (Å²) >= 11 is 0. The molecule has 0 bridgehead atoms. The Morgan fingerprint density at radius 1 is 1.14 bits per heavy atom. The quantitative estimate of drug-likeness (QED) is 0.617. The van der Waals surface area contributed by atoms with Gasteiger partial charge in [0.2, 0.25) is 0 Å². The summed E-state index contributed by atoms with van der Waals surface area (Å²) in [6.07, 6.45) is -0.703. The van der Waals surface area contributed by atoms with Gasteiger partial charge in [0.1, 0.15) is 11.6 Å². The minimum atomic E-state index is -0.703. The van der Waals surface area contributed by atoms with Crippen LogP contribution in [0.4, 0.5) is 4.39 Å². The van der Waals surface area contributed by atoms with E-state index in [1.54, 1.807) is 50.4 Å². The lowest BCUT2D eigenvalue weighted by molar-refractivity contribution is -0.142. The van der Waals surface area contributed by atoms with E-state index in [4.69, 9.17) is 9.47 Å². The van der Waals surface area contributed by atoms with E-state index in [2.05, 4.69) is 6.58 Å². The first-order chi connectivity index (χ1) is 10.5. The molecule has 114 valence electrons. The van der Waals surface area contributed by atoms with E-state index in [1.165, 1.54) is 12.1 Å². The number of methoxy groups -OCH3 is 1. The molecule has 0 amide bonds. The van der Waals surface area contributed by atoms with Gasteiger partial charge in [0.15, 0.2) is 6.10 Å². The molecule has 0 aliphatic heterocycles. The molecule has 0 spiro atoms. The second-order valence-corrected chi connectivity index (χ2v) is 4.89. The fourth-order valence-corrected chi connectivity index (χ4v) is 1.98. The number of benzene rings is 2. The maximum Gasteiger partial charge on any atom is 0.334 e. The molecular formula is C18H17FO3. The molecule has 3 nitrogen and oxygen atoms in total. The lowest BCUT2D eigenvalue weighted by Gasteiger charge is -2.19. The Balaban J connectivity index is 2.39. The fourth-order valence-electron chi connectivity index (χ4n) is 1.98. The molecular weight excluding hydrogens is 283 g/mol. The van der Waals surface area contributed by atoms with E-state index in [1.807, 2.05) is 0 Å². The van der Waals surface area contributed by atoms with Crippen LogP contribution in [-0.2, 0) is 9.53 Å². The summed E-state index contributed by atoms with van der Waals surface area (Å²) in [5, 5.41) is 0. The summed E-state index contributed by atoms with van der Waals surface area (Å²) in [5.41, 5.74) is 1.57. The molecule has 2 aromatic carbocycles. The van der Waals surface area contributed by atoms with Crippen LogP contribution >= 0.6 is 0 Å². The largest absolute Gasteiger partial charge is 0.497 e. The maximum absolute atomic E-state index is 13.5. The van der Waals surface area contributed by atoms with Crippen molar-refractivity contribution >= 4 is 5.97 Å². The third-order valence-electron chi connectivity index (χ3n) is 3.14. The first-order valence-corrected chi connectivity index (χ1v) is 6.77. The number of carbonyl (C=O) groups is 1. The van der Waals surface area contributed by atoms with Gasteiger partial charge in [0.25, 0.3) is 0 Å². The molecule has 0 fully saturated rings. The first kappa shape index (κ1) is 15.8. The Morgan fingerprint density at radius 3 is 2.36 bits per heavy atom. The molecule has 22 heavy (non-hydrogen) atoms. The van der Waals surface area contributed by atoms with Crippen molar-refractivity contribution in [1.29, 1.82) is 0 Å². The standard InChI is InChI=1S/C18H17FO3/c1-12(2)18(20)22-17(14-5-4-6-15(19)11-14)13-7-9-16(21-3)10-8-13/h4-11,17H,1H2,2-3H3. The number of hydrogen-bond acceptors (Lipinski definition) is 3. The second-order valence-electron chi connectivity index (χ2n) is 4.89. The highest BCUT2D eigenvalue weighted by molar-refractivity contribution is 5.87. The fraction of sp³-hybridized carbons (Fsp3) is 0.167. The average molecular weight is 300 g/mol. The number of esters is 1. The number of hydrogen-bond donors (Lipinski definition) is 0. The predicted molar refractivity (Wildman–Crippen MR) is 82.1 cm³/mol. The summed E-state index contributed by atoms with van der Waals surface area (Å²) in [6, 6.07) is 13.1. The molecule has 1 unspecified atom stereocenters. The van der Waals surface area contributed by atoms with Crippen LogP contribution in [0.5, 0.6) is 5.75 Å². The van der Waals surface area contributed by atoms with Crippen LogP contribution < -0.4 is 4.74 Å². The highest BCUT2D eigenvalue weighted by atomic mass is 19.1. The van der Waals surface area contributed by atoms with Gasteiger partial charge in [-0.05, 0) is 42.3 Å². The Hall–Kier alpha value is -2.62. The van der Waals surface area contributed by atoms with Gasteiger partial charge in [-0.1, -0.05) is 30.8 Å². The van der Waals surface area contributed by atoms with E-state index < -0.39 is 12.1 Å². The molecule has 2 rings (SSSR count). The zero-order chi connectivity index (χ0) is 16.1. The third-order valence-corrected chi connectivity index (χ3v) is 3.14. The van der Waals surface area contributed by atoms with Gasteiger partial charge in [0, 0.05) is 5.57 Å². The van der Waals surface area contributed by atoms with Crippen molar-refractivity contribution in [3.8, 4) is 5.75 Å². The molecule has 0 radical (unpaired) electrons. The molecule has 2 aromatic rings. The minimum Gasteiger partial charge on any atom is -0.497 e. The van der Waals surface area contributed by atoms with Crippen LogP contribution in [0.15, 0.2) is 60.7 Å². The normalized spacial score (nSPS) is 11.6. The van der Waals surface area contributed by atoms with Crippen molar-refractivity contribution in [2.45, 2.75) is 13.0 Å². The van der Waals surface area contributed by atoms with Crippen molar-refractivity contribution in [3.05, 3.63) is 77.6 Å². The van der Waals surface area contributed by atoms with E-state index in [-0.39, 0.29) is 11.4 Å². The van der Waals surface area contributed by atoms with Gasteiger partial charge in [-0.3, -0.25) is 0 Å². The number of rotatable bonds is 5. The third kappa shape index (κ3) is 3.73. The second kappa shape index (κ2) is 6.89. The zero-order valence-corrected chi connectivity index (χ0v) is 12.5. The molecule has 4 heteroatoms. The van der Waals surface area contributed by atoms with Crippen LogP contribution in [0.1, 0.15) is 24.2 Å². The summed E-state index contributed by atoms with van der Waals surface area (Å²) < 4.78 is 24.1. The number of carbonyl (C=O) groups excluding carboxylic acids is 1. The monoisotopic (exact) mass is 300 g/mol. The molecule has 0 aliphatic carbocycles. The lowest BCUT2D eigenvalue weighted by atomic mass is 10.0. The minimum absolute atomic E-state index is 0.287. The van der Waals surface area contributed by atoms with Crippen LogP contribution in [0.25, 0.3) is 0 Å². The number of ether oxygens (including phenoxy) is 2. The van der Waals surface area contributed by atoms with Crippen molar-refractivity contribution in [1.82, 2.24) is 0 Å². The molecule has 1 atom stereocenters. The van der Waals surface area contributed by atoms with Gasteiger partial charge in [-0.2, -0.15) is 0 Å². The number of halogens is 1. The van der Waals surface area contributed by atoms with E-state index in [0.717, 1.165) is 5.56 Å². The molecule has 0 aliphatic rings. The van der Waals surface area contributed by atoms with E-state index in [9.17, 15) is 9.18 Å². The topological polar surface area (TPSA) is 35.5 Å². The first-order valence-electron chi connectivity index (χ1n) is 6.77. The van der Waals surface area contributed by atoms with Crippen LogP contribution in [0, 0.1) is 5.82 Å². The summed E-state index contributed by atoms with van der Waals surface area (Å²) in [5.74, 6) is -0.222. The van der Waals surface area contributed by atoms with Gasteiger partial charge >= 0.3 is 5.97 Å². The zero-order valence-electron chi connectivity index (χ0n) is 12.5. The Kier molecular flexibility index (Phi) is 4.94. The highest BCUT2D eigenvalue weighted by Gasteiger charge is 2.20. The molecule has 0 aromatic heterocycles. The smallest absolute Gasteiger partial charge is 0.334 e. The van der Waals surface area contributed by atoms with Crippen molar-refractivity contribution in [2.24, 2.45) is 0 Å². The highest BCUT2D eigenvalue weighted by Crippen LogP contribution is 2.28. The van der Waals surface area contributed by atoms with Crippen molar-refractivity contribution < 1.29 is 18.7 Å². The van der Waals surface area contributed by atoms with Crippen molar-refractivity contribution in [2.75, 3.05) is 7.11 Å². The molecule has 0 saturated heterocycles. The van der Waals surface area contributed by atoms with Crippen LogP contribution in [0.2, 0.25) is 0 Å². The Bertz CT molecular complexity index is 677. The van der Waals surface area contributed by atoms with Crippen molar-refractivity contribution in [3.63, 3.8) is 0 Å². The van der Waals surface area contributed by atoms with E-state index in [0.29, 0.717) is 11.3 Å². The summed E-state index contributed by atoms with van der Waals surface area (Å²) in [7, 11) is 1.57. The summed E-state index contributed by atoms with van der Waals surface area (Å²) in [4.78, 5) is 11.9. The SMILES string of the molecule is C=C(C)C(=O)OC(c1ccc(OC)cc1)c1cccc(F)c1. The lowest BCUT2D eigenvalue weighted by Crippen LogP contribution is -2.13. The Labute approximate surface area is 129 Å². The predicted octanol–water partition coefficient (Wildman–Crippen LogP) is 4.04. The maximum atomic E-state index is 13.5. The summed E-state index contributed by atoms with van der Waals surface area (Å²) in [6.45, 7) is 5.14. The molecule has 0 N–H and O–H groups in total. The Morgan fingerprint density at radius 2 is 1.82 bits per heavy atom.